The topological polar surface area (TPSA) is 72.7 Å². The van der Waals surface area contributed by atoms with Crippen molar-refractivity contribution in [2.24, 2.45) is 7.05 Å². The fraction of sp³-hybridized carbons (Fsp3) is 0.200. The van der Waals surface area contributed by atoms with Gasteiger partial charge in [0.25, 0.3) is 5.91 Å². The van der Waals surface area contributed by atoms with Gasteiger partial charge in [0.1, 0.15) is 5.52 Å². The van der Waals surface area contributed by atoms with E-state index in [1.807, 2.05) is 33.0 Å². The summed E-state index contributed by atoms with van der Waals surface area (Å²) in [4.78, 5) is 21.3. The zero-order valence-corrected chi connectivity index (χ0v) is 14.4. The maximum atomic E-state index is 12.3. The molecule has 6 nitrogen and oxygen atoms in total. The van der Waals surface area contributed by atoms with Crippen molar-refractivity contribution in [1.82, 2.24) is 19.7 Å². The molecular formula is C15H13N5OS2. The molecule has 0 spiro atoms. The van der Waals surface area contributed by atoms with Crippen LogP contribution in [0.25, 0.3) is 20.4 Å². The maximum Gasteiger partial charge on any atom is 0.277 e. The second-order valence-corrected chi connectivity index (χ2v) is 7.49. The molecule has 8 heteroatoms. The quantitative estimate of drug-likeness (QED) is 0.604. The molecule has 23 heavy (non-hydrogen) atoms. The molecule has 0 aliphatic carbocycles. The maximum absolute atomic E-state index is 12.3. The fourth-order valence-corrected chi connectivity index (χ4v) is 4.23. The van der Waals surface area contributed by atoms with E-state index in [4.69, 9.17) is 0 Å². The largest absolute Gasteiger partial charge is 0.296 e. The van der Waals surface area contributed by atoms with Crippen LogP contribution in [0.5, 0.6) is 0 Å². The lowest BCUT2D eigenvalue weighted by Gasteiger charge is -1.96. The van der Waals surface area contributed by atoms with Gasteiger partial charge in [0, 0.05) is 12.7 Å². The van der Waals surface area contributed by atoms with Gasteiger partial charge in [-0.3, -0.25) is 14.8 Å². The summed E-state index contributed by atoms with van der Waals surface area (Å²) in [5, 5.41) is 8.60. The Bertz CT molecular complexity index is 1040. The number of nitrogens with zero attached hydrogens (tertiary/aromatic N) is 4. The second kappa shape index (κ2) is 5.10. The number of fused-ring (bicyclic) bond motifs is 3. The van der Waals surface area contributed by atoms with Crippen molar-refractivity contribution in [1.29, 1.82) is 0 Å². The van der Waals surface area contributed by atoms with Crippen molar-refractivity contribution in [2.45, 2.75) is 13.8 Å². The summed E-state index contributed by atoms with van der Waals surface area (Å²) in [6.07, 6.45) is 0. The molecule has 0 atom stereocenters. The smallest absolute Gasteiger partial charge is 0.277 e. The number of rotatable bonds is 2. The third-order valence-electron chi connectivity index (χ3n) is 3.59. The lowest BCUT2D eigenvalue weighted by atomic mass is 10.3. The van der Waals surface area contributed by atoms with Gasteiger partial charge in [-0.2, -0.15) is 5.10 Å². The third-order valence-corrected chi connectivity index (χ3v) is 5.52. The number of carbonyl (C=O) groups is 1. The van der Waals surface area contributed by atoms with Gasteiger partial charge in [0.15, 0.2) is 10.8 Å². The minimum absolute atomic E-state index is 0.251. The average Bonchev–Trinajstić information content (AvgIpc) is 3.15. The standard InChI is InChI=1S/C15H13N5OS2/c1-7-6-10(19-20(7)3)14(21)18-15-17-9-4-5-11-12(13(9)23-15)16-8(2)22-11/h4-6H,1-3H3,(H,17,18,21). The summed E-state index contributed by atoms with van der Waals surface area (Å²) < 4.78 is 3.81. The van der Waals surface area contributed by atoms with Gasteiger partial charge in [-0.1, -0.05) is 11.3 Å². The molecule has 0 aliphatic heterocycles. The predicted molar refractivity (Wildman–Crippen MR) is 93.4 cm³/mol. The van der Waals surface area contributed by atoms with E-state index in [0.29, 0.717) is 10.8 Å². The molecule has 4 rings (SSSR count). The summed E-state index contributed by atoms with van der Waals surface area (Å²) in [6.45, 7) is 3.90. The van der Waals surface area contributed by atoms with Crippen LogP contribution >= 0.6 is 22.7 Å². The molecule has 0 bridgehead atoms. The Labute approximate surface area is 139 Å². The minimum Gasteiger partial charge on any atom is -0.296 e. The van der Waals surface area contributed by atoms with Crippen molar-refractivity contribution < 1.29 is 4.79 Å². The Hall–Kier alpha value is -2.32. The Kier molecular flexibility index (Phi) is 3.17. The Morgan fingerprint density at radius 1 is 1.22 bits per heavy atom. The van der Waals surface area contributed by atoms with E-state index in [9.17, 15) is 4.79 Å². The summed E-state index contributed by atoms with van der Waals surface area (Å²) in [7, 11) is 1.81. The van der Waals surface area contributed by atoms with E-state index < -0.39 is 0 Å². The minimum atomic E-state index is -0.251. The van der Waals surface area contributed by atoms with Crippen molar-refractivity contribution in [3.63, 3.8) is 0 Å². The highest BCUT2D eigenvalue weighted by atomic mass is 32.1. The van der Waals surface area contributed by atoms with Crippen molar-refractivity contribution in [3.8, 4) is 0 Å². The van der Waals surface area contributed by atoms with E-state index >= 15 is 0 Å². The highest BCUT2D eigenvalue weighted by molar-refractivity contribution is 7.24. The van der Waals surface area contributed by atoms with Crippen LogP contribution in [0.2, 0.25) is 0 Å². The number of nitrogens with one attached hydrogen (secondary N) is 1. The first-order valence-electron chi connectivity index (χ1n) is 7.00. The number of amides is 1. The Morgan fingerprint density at radius 2 is 2.04 bits per heavy atom. The van der Waals surface area contributed by atoms with Crippen LogP contribution in [0.3, 0.4) is 0 Å². The van der Waals surface area contributed by atoms with Gasteiger partial charge in [-0.15, -0.1) is 11.3 Å². The summed E-state index contributed by atoms with van der Waals surface area (Å²) in [5.74, 6) is -0.251. The van der Waals surface area contributed by atoms with Crippen molar-refractivity contribution in [2.75, 3.05) is 5.32 Å². The van der Waals surface area contributed by atoms with Crippen molar-refractivity contribution in [3.05, 3.63) is 34.6 Å². The molecule has 116 valence electrons. The number of hydrogen-bond acceptors (Lipinski definition) is 6. The van der Waals surface area contributed by atoms with Crippen LogP contribution in [-0.2, 0) is 7.05 Å². The molecular weight excluding hydrogens is 330 g/mol. The zero-order chi connectivity index (χ0) is 16.1. The molecule has 1 N–H and O–H groups in total. The molecule has 0 unspecified atom stereocenters. The van der Waals surface area contributed by atoms with E-state index in [2.05, 4.69) is 20.4 Å². The number of hydrogen-bond donors (Lipinski definition) is 1. The number of carbonyl (C=O) groups excluding carboxylic acids is 1. The molecule has 1 aromatic carbocycles. The van der Waals surface area contributed by atoms with Gasteiger partial charge < -0.3 is 0 Å². The first-order valence-corrected chi connectivity index (χ1v) is 8.63. The monoisotopic (exact) mass is 343 g/mol. The zero-order valence-electron chi connectivity index (χ0n) is 12.7. The Balaban J connectivity index is 1.71. The Morgan fingerprint density at radius 3 is 2.78 bits per heavy atom. The number of thiazole rings is 2. The highest BCUT2D eigenvalue weighted by Gasteiger charge is 2.15. The molecule has 1 amide bonds. The molecule has 3 heterocycles. The predicted octanol–water partition coefficient (Wildman–Crippen LogP) is 3.51. The van der Waals surface area contributed by atoms with Crippen LogP contribution in [0.15, 0.2) is 18.2 Å². The van der Waals surface area contributed by atoms with Gasteiger partial charge in [0.05, 0.1) is 19.9 Å². The summed E-state index contributed by atoms with van der Waals surface area (Å²) in [5.41, 5.74) is 3.12. The van der Waals surface area contributed by atoms with Crippen LogP contribution in [0.4, 0.5) is 5.13 Å². The lowest BCUT2D eigenvalue weighted by molar-refractivity contribution is 0.102. The molecule has 0 saturated heterocycles. The number of anilines is 1. The first-order chi connectivity index (χ1) is 11.0. The van der Waals surface area contributed by atoms with Gasteiger partial charge >= 0.3 is 0 Å². The van der Waals surface area contributed by atoms with E-state index in [-0.39, 0.29) is 5.91 Å². The molecule has 0 fully saturated rings. The summed E-state index contributed by atoms with van der Waals surface area (Å²) in [6, 6.07) is 5.74. The second-order valence-electron chi connectivity index (χ2n) is 5.26. The molecule has 0 radical (unpaired) electrons. The lowest BCUT2D eigenvalue weighted by Crippen LogP contribution is -2.12. The fourth-order valence-electron chi connectivity index (χ4n) is 2.37. The average molecular weight is 343 g/mol. The summed E-state index contributed by atoms with van der Waals surface area (Å²) >= 11 is 3.10. The molecule has 4 aromatic rings. The first kappa shape index (κ1) is 14.3. The molecule has 3 aromatic heterocycles. The van der Waals surface area contributed by atoms with Crippen LogP contribution in [-0.4, -0.2) is 25.7 Å². The van der Waals surface area contributed by atoms with Crippen LogP contribution < -0.4 is 5.32 Å². The van der Waals surface area contributed by atoms with Crippen LogP contribution in [0, 0.1) is 13.8 Å². The normalized spacial score (nSPS) is 11.4. The number of aryl methyl sites for hydroxylation is 3. The van der Waals surface area contributed by atoms with Gasteiger partial charge in [-0.05, 0) is 32.0 Å². The molecule has 0 saturated carbocycles. The van der Waals surface area contributed by atoms with Crippen molar-refractivity contribution >= 4 is 54.1 Å². The number of aromatic nitrogens is 4. The highest BCUT2D eigenvalue weighted by Crippen LogP contribution is 2.34. The van der Waals surface area contributed by atoms with Crippen LogP contribution in [0.1, 0.15) is 21.2 Å². The third kappa shape index (κ3) is 2.40. The van der Waals surface area contributed by atoms with E-state index in [1.54, 1.807) is 22.1 Å². The molecule has 0 aliphatic rings. The van der Waals surface area contributed by atoms with E-state index in [0.717, 1.165) is 31.1 Å². The van der Waals surface area contributed by atoms with E-state index in [1.165, 1.54) is 11.3 Å². The number of benzene rings is 1. The van der Waals surface area contributed by atoms with Gasteiger partial charge in [0.2, 0.25) is 0 Å². The SMILES string of the molecule is Cc1nc2c(ccc3nc(NC(=O)c4cc(C)n(C)n4)sc32)s1. The van der Waals surface area contributed by atoms with Gasteiger partial charge in [-0.25, -0.2) is 9.97 Å².